The summed E-state index contributed by atoms with van der Waals surface area (Å²) in [5, 5.41) is 4.30. The smallest absolute Gasteiger partial charge is 0.272 e. The van der Waals surface area contributed by atoms with Crippen molar-refractivity contribution in [2.45, 2.75) is 38.0 Å². The van der Waals surface area contributed by atoms with Crippen molar-refractivity contribution in [3.63, 3.8) is 0 Å². The van der Waals surface area contributed by atoms with E-state index in [0.717, 1.165) is 55.7 Å². The maximum absolute atomic E-state index is 13.0. The molecule has 9 heteroatoms. The van der Waals surface area contributed by atoms with E-state index in [9.17, 15) is 9.59 Å². The zero-order valence-electron chi connectivity index (χ0n) is 17.6. The van der Waals surface area contributed by atoms with Gasteiger partial charge in [-0.3, -0.25) is 19.3 Å². The molecule has 0 saturated carbocycles. The number of ether oxygens (including phenoxy) is 1. The minimum atomic E-state index is -0.107. The second-order valence-corrected chi connectivity index (χ2v) is 8.68. The fraction of sp³-hybridized carbons (Fsp3) is 0.619. The fourth-order valence-electron chi connectivity index (χ4n) is 5.16. The Kier molecular flexibility index (Phi) is 4.65. The molecule has 2 fully saturated rings. The van der Waals surface area contributed by atoms with Gasteiger partial charge in [-0.2, -0.15) is 5.10 Å². The van der Waals surface area contributed by atoms with Gasteiger partial charge in [0.05, 0.1) is 24.6 Å². The number of aromatic nitrogens is 4. The summed E-state index contributed by atoms with van der Waals surface area (Å²) in [5.41, 5.74) is 3.13. The first-order chi connectivity index (χ1) is 14.5. The number of nitrogens with zero attached hydrogens (tertiary/aromatic N) is 5. The molecule has 1 N–H and O–H groups in total. The Balaban J connectivity index is 1.38. The van der Waals surface area contributed by atoms with Crippen molar-refractivity contribution < 1.29 is 9.53 Å². The largest absolute Gasteiger partial charge is 0.378 e. The number of rotatable bonds is 2. The third-order valence-electron chi connectivity index (χ3n) is 6.90. The van der Waals surface area contributed by atoms with Gasteiger partial charge in [0.25, 0.3) is 11.5 Å². The van der Waals surface area contributed by atoms with Crippen LogP contribution in [0.15, 0.2) is 10.9 Å². The van der Waals surface area contributed by atoms with Crippen molar-refractivity contribution in [1.82, 2.24) is 24.6 Å². The normalized spacial score (nSPS) is 20.6. The molecule has 9 nitrogen and oxygen atoms in total. The Hall–Kier alpha value is -2.68. The second-order valence-electron chi connectivity index (χ2n) is 8.68. The number of hydrogen-bond donors (Lipinski definition) is 1. The van der Waals surface area contributed by atoms with Gasteiger partial charge in [-0.05, 0) is 38.7 Å². The van der Waals surface area contributed by atoms with Crippen molar-refractivity contribution in [3.05, 3.63) is 39.1 Å². The summed E-state index contributed by atoms with van der Waals surface area (Å²) in [6, 6.07) is 1.84. The minimum Gasteiger partial charge on any atom is -0.378 e. The summed E-state index contributed by atoms with van der Waals surface area (Å²) in [4.78, 5) is 37.7. The van der Waals surface area contributed by atoms with Crippen molar-refractivity contribution >= 4 is 11.9 Å². The Bertz CT molecular complexity index is 1030. The number of carbonyl (C=O) groups is 1. The third-order valence-corrected chi connectivity index (χ3v) is 6.90. The van der Waals surface area contributed by atoms with E-state index >= 15 is 0 Å². The molecule has 0 bridgehead atoms. The molecule has 160 valence electrons. The maximum Gasteiger partial charge on any atom is 0.272 e. The zero-order chi connectivity index (χ0) is 20.9. The van der Waals surface area contributed by atoms with Crippen LogP contribution in [-0.2, 0) is 23.6 Å². The Labute approximate surface area is 175 Å². The van der Waals surface area contributed by atoms with Crippen molar-refractivity contribution in [1.29, 1.82) is 0 Å². The molecule has 5 rings (SSSR count). The Morgan fingerprint density at radius 2 is 1.90 bits per heavy atom. The first-order valence-electron chi connectivity index (χ1n) is 10.7. The van der Waals surface area contributed by atoms with Crippen molar-refractivity contribution in [3.8, 4) is 0 Å². The van der Waals surface area contributed by atoms with Gasteiger partial charge in [0.15, 0.2) is 0 Å². The van der Waals surface area contributed by atoms with Crippen LogP contribution in [0.4, 0.5) is 5.95 Å². The molecule has 0 unspecified atom stereocenters. The summed E-state index contributed by atoms with van der Waals surface area (Å²) >= 11 is 0. The van der Waals surface area contributed by atoms with E-state index in [2.05, 4.69) is 15.0 Å². The SMILES string of the molecule is Cc1cc(C(=O)N2CCC3(CCc4c3nc(N3CCOCC3)[nH]c4=O)CC2)n(C)n1. The van der Waals surface area contributed by atoms with Gasteiger partial charge in [0.1, 0.15) is 5.69 Å². The first kappa shape index (κ1) is 19.3. The maximum atomic E-state index is 13.0. The molecule has 2 aliphatic heterocycles. The highest BCUT2D eigenvalue weighted by Gasteiger charge is 2.45. The predicted octanol–water partition coefficient (Wildman–Crippen LogP) is 0.769. The third kappa shape index (κ3) is 3.12. The lowest BCUT2D eigenvalue weighted by Crippen LogP contribution is -2.45. The van der Waals surface area contributed by atoms with Gasteiger partial charge in [0, 0.05) is 44.2 Å². The van der Waals surface area contributed by atoms with Crippen LogP contribution in [0.5, 0.6) is 0 Å². The molecule has 30 heavy (non-hydrogen) atoms. The number of amides is 1. The monoisotopic (exact) mass is 412 g/mol. The standard InChI is InChI=1S/C21H28N6O3/c1-14-13-16(25(2)24-14)19(29)26-7-5-21(6-8-26)4-3-15-17(21)22-20(23-18(15)28)27-9-11-30-12-10-27/h13H,3-12H2,1-2H3,(H,22,23,28). The van der Waals surface area contributed by atoms with Crippen LogP contribution in [0.2, 0.25) is 0 Å². The van der Waals surface area contributed by atoms with E-state index < -0.39 is 0 Å². The molecular formula is C21H28N6O3. The Morgan fingerprint density at radius 3 is 2.57 bits per heavy atom. The molecule has 2 aromatic rings. The molecule has 0 radical (unpaired) electrons. The van der Waals surface area contributed by atoms with E-state index in [1.54, 1.807) is 4.68 Å². The molecule has 3 aliphatic rings. The zero-order valence-corrected chi connectivity index (χ0v) is 17.6. The van der Waals surface area contributed by atoms with E-state index in [0.29, 0.717) is 37.9 Å². The highest BCUT2D eigenvalue weighted by atomic mass is 16.5. The Morgan fingerprint density at radius 1 is 1.17 bits per heavy atom. The highest BCUT2D eigenvalue weighted by molar-refractivity contribution is 5.92. The predicted molar refractivity (Wildman–Crippen MR) is 111 cm³/mol. The van der Waals surface area contributed by atoms with Gasteiger partial charge in [0.2, 0.25) is 5.95 Å². The van der Waals surface area contributed by atoms with Crippen molar-refractivity contribution in [2.24, 2.45) is 7.05 Å². The molecule has 2 aromatic heterocycles. The van der Waals surface area contributed by atoms with Crippen LogP contribution in [0.1, 0.15) is 46.7 Å². The number of piperidine rings is 1. The van der Waals surface area contributed by atoms with Crippen LogP contribution >= 0.6 is 0 Å². The summed E-state index contributed by atoms with van der Waals surface area (Å²) in [5.74, 6) is 0.686. The number of aromatic amines is 1. The van der Waals surface area contributed by atoms with E-state index in [-0.39, 0.29) is 16.9 Å². The molecule has 2 saturated heterocycles. The van der Waals surface area contributed by atoms with Gasteiger partial charge in [-0.15, -0.1) is 0 Å². The number of hydrogen-bond acceptors (Lipinski definition) is 6. The topological polar surface area (TPSA) is 96.4 Å². The van der Waals surface area contributed by atoms with Gasteiger partial charge >= 0.3 is 0 Å². The summed E-state index contributed by atoms with van der Waals surface area (Å²) in [6.07, 6.45) is 3.36. The molecule has 4 heterocycles. The van der Waals surface area contributed by atoms with Crippen LogP contribution in [-0.4, -0.2) is 69.9 Å². The van der Waals surface area contributed by atoms with Crippen molar-refractivity contribution in [2.75, 3.05) is 44.3 Å². The van der Waals surface area contributed by atoms with E-state index in [4.69, 9.17) is 9.72 Å². The number of likely N-dealkylation sites (tertiary alicyclic amines) is 1. The molecular weight excluding hydrogens is 384 g/mol. The number of fused-ring (bicyclic) bond motifs is 2. The van der Waals surface area contributed by atoms with Gasteiger partial charge in [-0.25, -0.2) is 4.98 Å². The number of morpholine rings is 1. The number of aryl methyl sites for hydroxylation is 2. The van der Waals surface area contributed by atoms with E-state index in [1.165, 1.54) is 0 Å². The lowest BCUT2D eigenvalue weighted by molar-refractivity contribution is 0.0652. The second kappa shape index (κ2) is 7.23. The van der Waals surface area contributed by atoms with Gasteiger partial charge in [-0.1, -0.05) is 0 Å². The first-order valence-corrected chi connectivity index (χ1v) is 10.7. The molecule has 1 amide bonds. The summed E-state index contributed by atoms with van der Waals surface area (Å²) in [7, 11) is 1.81. The minimum absolute atomic E-state index is 0.0118. The van der Waals surface area contributed by atoms with Crippen LogP contribution < -0.4 is 10.5 Å². The number of anilines is 1. The van der Waals surface area contributed by atoms with Crippen LogP contribution in [0.3, 0.4) is 0 Å². The average molecular weight is 412 g/mol. The molecule has 0 aromatic carbocycles. The lowest BCUT2D eigenvalue weighted by atomic mass is 9.76. The van der Waals surface area contributed by atoms with Crippen LogP contribution in [0, 0.1) is 6.92 Å². The molecule has 1 aliphatic carbocycles. The van der Waals surface area contributed by atoms with E-state index in [1.807, 2.05) is 24.9 Å². The van der Waals surface area contributed by atoms with Gasteiger partial charge < -0.3 is 14.5 Å². The highest BCUT2D eigenvalue weighted by Crippen LogP contribution is 2.44. The number of nitrogens with one attached hydrogen (secondary N) is 1. The number of H-pyrrole nitrogens is 1. The molecule has 1 spiro atoms. The summed E-state index contributed by atoms with van der Waals surface area (Å²) < 4.78 is 7.08. The van der Waals surface area contributed by atoms with Crippen LogP contribution in [0.25, 0.3) is 0 Å². The average Bonchev–Trinajstić information content (AvgIpc) is 3.28. The number of carbonyl (C=O) groups excluding carboxylic acids is 1. The molecule has 0 atom stereocenters. The quantitative estimate of drug-likeness (QED) is 0.783. The lowest BCUT2D eigenvalue weighted by Gasteiger charge is -2.39. The fourth-order valence-corrected chi connectivity index (χ4v) is 5.16. The summed E-state index contributed by atoms with van der Waals surface area (Å²) in [6.45, 7) is 6.01.